The van der Waals surface area contributed by atoms with E-state index in [2.05, 4.69) is 19.8 Å². The maximum atomic E-state index is 12.1. The average molecular weight is 504 g/mol. The molecule has 1 aliphatic carbocycles. The number of amidine groups is 1. The van der Waals surface area contributed by atoms with E-state index in [0.717, 1.165) is 40.5 Å². The van der Waals surface area contributed by atoms with E-state index in [1.165, 1.54) is 36.2 Å². The van der Waals surface area contributed by atoms with E-state index in [1.807, 2.05) is 36.5 Å². The molecule has 2 fully saturated rings. The lowest BCUT2D eigenvalue weighted by Crippen LogP contribution is -2.35. The van der Waals surface area contributed by atoms with Crippen LogP contribution in [0.5, 0.6) is 0 Å². The molecule has 0 bridgehead atoms. The number of nitrogens with one attached hydrogen (secondary N) is 1. The number of aryl methyl sites for hydroxylation is 1. The average Bonchev–Trinajstić information content (AvgIpc) is 3.18. The van der Waals surface area contributed by atoms with Gasteiger partial charge in [-0.3, -0.25) is 9.71 Å². The van der Waals surface area contributed by atoms with Gasteiger partial charge in [-0.15, -0.1) is 11.3 Å². The standard InChI is InChI=1S/C17H19N5OS2.C6H4ClF/c1-10-6-14(20-23-10)13-8-19-16(17-18-4-5-24-17)22-9-11(7-15(13)22)21-25-12-2-3-12;7-5-2-1-3-6(8)4-5/h4-6,11-12,21H,2-3,7-9H2,1H3;1-4H. The molecular weight excluding hydrogens is 481 g/mol. The van der Waals surface area contributed by atoms with Crippen LogP contribution < -0.4 is 4.72 Å². The molecule has 1 N–H and O–H groups in total. The number of hydrogen-bond acceptors (Lipinski definition) is 8. The quantitative estimate of drug-likeness (QED) is 0.459. The topological polar surface area (TPSA) is 66.5 Å². The van der Waals surface area contributed by atoms with Gasteiger partial charge in [0.05, 0.1) is 6.54 Å². The lowest BCUT2D eigenvalue weighted by molar-refractivity contribution is 0.395. The van der Waals surface area contributed by atoms with Crippen LogP contribution in [0.3, 0.4) is 0 Å². The number of aromatic nitrogens is 2. The van der Waals surface area contributed by atoms with Crippen molar-refractivity contribution in [3.05, 3.63) is 74.9 Å². The molecule has 6 nitrogen and oxygen atoms in total. The summed E-state index contributed by atoms with van der Waals surface area (Å²) in [5.41, 5.74) is 3.40. The summed E-state index contributed by atoms with van der Waals surface area (Å²) in [5.74, 6) is 1.54. The first-order chi connectivity index (χ1) is 16.1. The van der Waals surface area contributed by atoms with Crippen molar-refractivity contribution in [2.75, 3.05) is 13.1 Å². The van der Waals surface area contributed by atoms with Crippen molar-refractivity contribution in [1.29, 1.82) is 0 Å². The molecule has 0 amide bonds. The van der Waals surface area contributed by atoms with E-state index in [4.69, 9.17) is 21.1 Å². The molecule has 1 unspecified atom stereocenters. The minimum absolute atomic E-state index is 0.294. The molecule has 33 heavy (non-hydrogen) atoms. The highest BCUT2D eigenvalue weighted by Gasteiger charge is 2.37. The van der Waals surface area contributed by atoms with Crippen LogP contribution >= 0.6 is 34.9 Å². The van der Waals surface area contributed by atoms with Gasteiger partial charge < -0.3 is 9.42 Å². The van der Waals surface area contributed by atoms with Gasteiger partial charge in [0.1, 0.15) is 17.3 Å². The van der Waals surface area contributed by atoms with Crippen LogP contribution in [0.1, 0.15) is 35.7 Å². The van der Waals surface area contributed by atoms with Gasteiger partial charge in [-0.2, -0.15) is 0 Å². The van der Waals surface area contributed by atoms with Crippen molar-refractivity contribution in [3.63, 3.8) is 0 Å². The largest absolute Gasteiger partial charge is 0.361 e. The second kappa shape index (κ2) is 9.97. The van der Waals surface area contributed by atoms with Gasteiger partial charge in [0, 0.05) is 58.2 Å². The Morgan fingerprint density at radius 3 is 2.82 bits per heavy atom. The third-order valence-electron chi connectivity index (χ3n) is 5.43. The number of aliphatic imine (C=N–C) groups is 1. The molecule has 6 rings (SSSR count). The Morgan fingerprint density at radius 2 is 2.18 bits per heavy atom. The Balaban J connectivity index is 0.000000243. The molecule has 2 aromatic heterocycles. The predicted molar refractivity (Wildman–Crippen MR) is 132 cm³/mol. The zero-order chi connectivity index (χ0) is 22.8. The van der Waals surface area contributed by atoms with Crippen molar-refractivity contribution >= 4 is 46.3 Å². The Labute approximate surface area is 205 Å². The second-order valence-corrected chi connectivity index (χ2v) is 10.6. The van der Waals surface area contributed by atoms with Crippen LogP contribution in [0, 0.1) is 12.7 Å². The molecule has 10 heteroatoms. The van der Waals surface area contributed by atoms with Gasteiger partial charge in [-0.25, -0.2) is 9.37 Å². The Hall–Kier alpha value is -2.20. The van der Waals surface area contributed by atoms with Crippen LogP contribution in [0.4, 0.5) is 4.39 Å². The van der Waals surface area contributed by atoms with Crippen molar-refractivity contribution in [1.82, 2.24) is 19.8 Å². The van der Waals surface area contributed by atoms with E-state index >= 15 is 0 Å². The normalized spacial score (nSPS) is 19.8. The van der Waals surface area contributed by atoms with Gasteiger partial charge in [0.25, 0.3) is 0 Å². The fourth-order valence-corrected chi connectivity index (χ4v) is 5.49. The van der Waals surface area contributed by atoms with Crippen molar-refractivity contribution < 1.29 is 8.91 Å². The number of nitrogens with zero attached hydrogens (tertiary/aromatic N) is 4. The number of benzene rings is 1. The third-order valence-corrected chi connectivity index (χ3v) is 7.71. The fraction of sp³-hybridized carbons (Fsp3) is 0.348. The van der Waals surface area contributed by atoms with Gasteiger partial charge in [-0.05, 0) is 38.0 Å². The van der Waals surface area contributed by atoms with E-state index in [-0.39, 0.29) is 5.82 Å². The smallest absolute Gasteiger partial charge is 0.165 e. The highest BCUT2D eigenvalue weighted by atomic mass is 35.5. The van der Waals surface area contributed by atoms with E-state index in [1.54, 1.807) is 23.5 Å². The lowest BCUT2D eigenvalue weighted by Gasteiger charge is -2.26. The molecule has 2 aliphatic heterocycles. The first kappa shape index (κ1) is 22.6. The zero-order valence-corrected chi connectivity index (χ0v) is 20.4. The summed E-state index contributed by atoms with van der Waals surface area (Å²) < 4.78 is 21.0. The second-order valence-electron chi connectivity index (χ2n) is 8.11. The zero-order valence-electron chi connectivity index (χ0n) is 18.0. The summed E-state index contributed by atoms with van der Waals surface area (Å²) in [7, 11) is 0. The molecule has 0 radical (unpaired) electrons. The molecule has 3 aliphatic rings. The summed E-state index contributed by atoms with van der Waals surface area (Å²) >= 11 is 8.95. The Morgan fingerprint density at radius 1 is 1.30 bits per heavy atom. The molecule has 3 aromatic rings. The molecule has 1 aromatic carbocycles. The number of fused-ring (bicyclic) bond motifs is 1. The van der Waals surface area contributed by atoms with Crippen LogP contribution in [0.2, 0.25) is 5.02 Å². The predicted octanol–water partition coefficient (Wildman–Crippen LogP) is 5.56. The van der Waals surface area contributed by atoms with Crippen molar-refractivity contribution in [3.8, 4) is 0 Å². The molecule has 1 saturated heterocycles. The molecule has 172 valence electrons. The first-order valence-electron chi connectivity index (χ1n) is 10.8. The van der Waals surface area contributed by atoms with Gasteiger partial charge in [0.15, 0.2) is 10.8 Å². The monoisotopic (exact) mass is 503 g/mol. The first-order valence-corrected chi connectivity index (χ1v) is 12.9. The third kappa shape index (κ3) is 5.48. The van der Waals surface area contributed by atoms with Crippen LogP contribution in [0.25, 0.3) is 5.57 Å². The SMILES string of the molecule is Cc1cc(C2=C3CC(NSC4CC4)CN3C(c3nccs3)=NC2)no1.Fc1cccc(Cl)c1. The summed E-state index contributed by atoms with van der Waals surface area (Å²) in [6.07, 6.45) is 5.51. The Kier molecular flexibility index (Phi) is 6.82. The summed E-state index contributed by atoms with van der Waals surface area (Å²) in [5, 5.41) is 8.46. The molecule has 1 atom stereocenters. The van der Waals surface area contributed by atoms with E-state index in [0.29, 0.717) is 17.6 Å². The number of thiazole rings is 1. The minimum Gasteiger partial charge on any atom is -0.361 e. The van der Waals surface area contributed by atoms with Crippen molar-refractivity contribution in [2.24, 2.45) is 4.99 Å². The maximum absolute atomic E-state index is 12.1. The maximum Gasteiger partial charge on any atom is 0.165 e. The van der Waals surface area contributed by atoms with Crippen LogP contribution in [0.15, 0.2) is 57.1 Å². The molecule has 0 spiro atoms. The van der Waals surface area contributed by atoms with Gasteiger partial charge in [0.2, 0.25) is 0 Å². The highest BCUT2D eigenvalue weighted by Crippen LogP contribution is 2.37. The summed E-state index contributed by atoms with van der Waals surface area (Å²) in [6, 6.07) is 8.24. The minimum atomic E-state index is -0.294. The van der Waals surface area contributed by atoms with Crippen molar-refractivity contribution in [2.45, 2.75) is 37.5 Å². The summed E-state index contributed by atoms with van der Waals surface area (Å²) in [6.45, 7) is 3.49. The fourth-order valence-electron chi connectivity index (χ4n) is 3.74. The lowest BCUT2D eigenvalue weighted by atomic mass is 10.1. The molecule has 4 heterocycles. The summed E-state index contributed by atoms with van der Waals surface area (Å²) in [4.78, 5) is 11.6. The number of rotatable bonds is 5. The number of halogens is 2. The number of hydrogen-bond donors (Lipinski definition) is 1. The van der Waals surface area contributed by atoms with E-state index < -0.39 is 0 Å². The molecule has 1 saturated carbocycles. The molecular formula is C23H23ClFN5OS2. The van der Waals surface area contributed by atoms with E-state index in [9.17, 15) is 4.39 Å². The van der Waals surface area contributed by atoms with Gasteiger partial charge >= 0.3 is 0 Å². The Bertz CT molecular complexity index is 1160. The van der Waals surface area contributed by atoms with Crippen LogP contribution in [-0.2, 0) is 0 Å². The van der Waals surface area contributed by atoms with Crippen LogP contribution in [-0.4, -0.2) is 45.3 Å². The van der Waals surface area contributed by atoms with Gasteiger partial charge in [-0.1, -0.05) is 34.8 Å². The highest BCUT2D eigenvalue weighted by molar-refractivity contribution is 7.98.